The van der Waals surface area contributed by atoms with Crippen molar-refractivity contribution in [3.05, 3.63) is 39.9 Å². The highest BCUT2D eigenvalue weighted by Crippen LogP contribution is 2.31. The second kappa shape index (κ2) is 5.12. The number of carbonyl (C=O) groups excluding carboxylic acids is 2. The first kappa shape index (κ1) is 14.8. The van der Waals surface area contributed by atoms with Gasteiger partial charge in [-0.05, 0) is 25.0 Å². The average Bonchev–Trinajstić information content (AvgIpc) is 3.14. The minimum Gasteiger partial charge on any atom is -0.349 e. The van der Waals surface area contributed by atoms with Gasteiger partial charge < -0.3 is 10.2 Å². The number of fused-ring (bicyclic) bond motifs is 1. The van der Waals surface area contributed by atoms with Gasteiger partial charge in [-0.25, -0.2) is 4.39 Å². The SMILES string of the molecule is O=C1CCC2(CCN(C(=O)c3n[nH]c4c(F)cccc4c3=O)C2)N1. The van der Waals surface area contributed by atoms with E-state index >= 15 is 0 Å². The van der Waals surface area contributed by atoms with Crippen molar-refractivity contribution in [2.24, 2.45) is 0 Å². The molecule has 2 saturated heterocycles. The van der Waals surface area contributed by atoms with E-state index in [-0.39, 0.29) is 28.0 Å². The van der Waals surface area contributed by atoms with Crippen molar-refractivity contribution in [1.29, 1.82) is 0 Å². The van der Waals surface area contributed by atoms with Crippen LogP contribution in [-0.4, -0.2) is 45.5 Å². The summed E-state index contributed by atoms with van der Waals surface area (Å²) in [6, 6.07) is 4.09. The number of hydrogen-bond acceptors (Lipinski definition) is 4. The number of halogens is 1. The number of likely N-dealkylation sites (tertiary alicyclic amines) is 1. The van der Waals surface area contributed by atoms with E-state index < -0.39 is 17.2 Å². The van der Waals surface area contributed by atoms with Crippen LogP contribution in [0.2, 0.25) is 0 Å². The van der Waals surface area contributed by atoms with Crippen LogP contribution >= 0.6 is 0 Å². The molecule has 2 fully saturated rings. The number of benzene rings is 1. The molecule has 0 aliphatic carbocycles. The van der Waals surface area contributed by atoms with E-state index in [1.807, 2.05) is 0 Å². The Morgan fingerprint density at radius 2 is 2.12 bits per heavy atom. The minimum atomic E-state index is -0.593. The zero-order valence-electron chi connectivity index (χ0n) is 12.8. The topological polar surface area (TPSA) is 95.2 Å². The van der Waals surface area contributed by atoms with Gasteiger partial charge in [0.1, 0.15) is 11.3 Å². The van der Waals surface area contributed by atoms with E-state index in [0.717, 1.165) is 0 Å². The van der Waals surface area contributed by atoms with E-state index in [4.69, 9.17) is 0 Å². The molecule has 4 rings (SSSR count). The summed E-state index contributed by atoms with van der Waals surface area (Å²) in [5.41, 5.74) is -1.25. The molecule has 124 valence electrons. The van der Waals surface area contributed by atoms with Crippen LogP contribution in [0.25, 0.3) is 10.9 Å². The number of para-hydroxylation sites is 1. The highest BCUT2D eigenvalue weighted by Gasteiger charge is 2.45. The van der Waals surface area contributed by atoms with Gasteiger partial charge in [0.2, 0.25) is 11.3 Å². The smallest absolute Gasteiger partial charge is 0.278 e. The molecule has 2 aliphatic rings. The Hall–Kier alpha value is -2.77. The molecule has 2 aliphatic heterocycles. The molecule has 0 saturated carbocycles. The van der Waals surface area contributed by atoms with Crippen LogP contribution < -0.4 is 10.7 Å². The van der Waals surface area contributed by atoms with E-state index in [1.54, 1.807) is 0 Å². The number of carbonyl (C=O) groups is 2. The number of aromatic amines is 1. The molecule has 1 atom stereocenters. The molecule has 1 unspecified atom stereocenters. The number of amides is 2. The second-order valence-corrected chi connectivity index (χ2v) is 6.37. The highest BCUT2D eigenvalue weighted by atomic mass is 19.1. The molecule has 8 heteroatoms. The van der Waals surface area contributed by atoms with Crippen LogP contribution in [0.5, 0.6) is 0 Å². The molecule has 7 nitrogen and oxygen atoms in total. The number of H-pyrrole nitrogens is 1. The molecule has 0 bridgehead atoms. The Morgan fingerprint density at radius 1 is 1.29 bits per heavy atom. The molecule has 2 N–H and O–H groups in total. The molecule has 1 aromatic carbocycles. The lowest BCUT2D eigenvalue weighted by atomic mass is 9.97. The zero-order valence-corrected chi connectivity index (χ0v) is 12.8. The van der Waals surface area contributed by atoms with Gasteiger partial charge in [-0.2, -0.15) is 5.10 Å². The Morgan fingerprint density at radius 3 is 2.88 bits per heavy atom. The van der Waals surface area contributed by atoms with Crippen LogP contribution in [0.15, 0.2) is 23.0 Å². The summed E-state index contributed by atoms with van der Waals surface area (Å²) >= 11 is 0. The summed E-state index contributed by atoms with van der Waals surface area (Å²) in [7, 11) is 0. The number of hydrogen-bond donors (Lipinski definition) is 2. The van der Waals surface area contributed by atoms with Gasteiger partial charge in [-0.1, -0.05) is 6.07 Å². The fourth-order valence-electron chi connectivity index (χ4n) is 3.54. The van der Waals surface area contributed by atoms with Crippen molar-refractivity contribution < 1.29 is 14.0 Å². The largest absolute Gasteiger partial charge is 0.349 e. The Bertz CT molecular complexity index is 925. The van der Waals surface area contributed by atoms with Gasteiger partial charge in [0.25, 0.3) is 5.91 Å². The molecule has 2 aromatic rings. The number of nitrogens with zero attached hydrogens (tertiary/aromatic N) is 2. The number of aromatic nitrogens is 2. The zero-order chi connectivity index (χ0) is 16.9. The molecule has 0 radical (unpaired) electrons. The predicted octanol–water partition coefficient (Wildman–Crippen LogP) is 0.557. The number of rotatable bonds is 1. The quantitative estimate of drug-likeness (QED) is 0.798. The summed E-state index contributed by atoms with van der Waals surface area (Å²) < 4.78 is 13.7. The molecule has 1 aromatic heterocycles. The highest BCUT2D eigenvalue weighted by molar-refractivity contribution is 5.95. The van der Waals surface area contributed by atoms with Crippen molar-refractivity contribution in [3.8, 4) is 0 Å². The third-order valence-corrected chi connectivity index (χ3v) is 4.83. The lowest BCUT2D eigenvalue weighted by Crippen LogP contribution is -2.45. The van der Waals surface area contributed by atoms with Crippen molar-refractivity contribution in [2.45, 2.75) is 24.8 Å². The second-order valence-electron chi connectivity index (χ2n) is 6.37. The summed E-state index contributed by atoms with van der Waals surface area (Å²) in [5.74, 6) is -1.10. The van der Waals surface area contributed by atoms with Gasteiger partial charge >= 0.3 is 0 Å². The number of nitrogens with one attached hydrogen (secondary N) is 2. The molecular weight excluding hydrogens is 315 g/mol. The summed E-state index contributed by atoms with van der Waals surface area (Å²) in [4.78, 5) is 38.1. The van der Waals surface area contributed by atoms with Crippen molar-refractivity contribution in [2.75, 3.05) is 13.1 Å². The van der Waals surface area contributed by atoms with Crippen LogP contribution in [0.4, 0.5) is 4.39 Å². The predicted molar refractivity (Wildman–Crippen MR) is 82.9 cm³/mol. The first-order chi connectivity index (χ1) is 11.5. The van der Waals surface area contributed by atoms with Crippen molar-refractivity contribution >= 4 is 22.7 Å². The van der Waals surface area contributed by atoms with E-state index in [9.17, 15) is 18.8 Å². The standard InChI is InChI=1S/C16H15FN4O3/c17-10-3-1-2-9-12(10)19-20-13(14(9)23)15(24)21-7-6-16(8-21)5-4-11(22)18-16/h1-3H,4-8H2,(H,18,22)(H,19,23). The van der Waals surface area contributed by atoms with Gasteiger partial charge in [0.05, 0.1) is 10.9 Å². The van der Waals surface area contributed by atoms with Gasteiger partial charge in [-0.3, -0.25) is 19.5 Å². The molecule has 2 amide bonds. The maximum absolute atomic E-state index is 13.7. The van der Waals surface area contributed by atoms with Gasteiger partial charge in [0.15, 0.2) is 5.69 Å². The summed E-state index contributed by atoms with van der Waals surface area (Å²) in [6.45, 7) is 0.807. The van der Waals surface area contributed by atoms with Gasteiger partial charge in [0, 0.05) is 19.5 Å². The van der Waals surface area contributed by atoms with E-state index in [0.29, 0.717) is 32.4 Å². The Kier molecular flexibility index (Phi) is 3.16. The van der Waals surface area contributed by atoms with Crippen LogP contribution in [-0.2, 0) is 4.79 Å². The first-order valence-corrected chi connectivity index (χ1v) is 7.76. The van der Waals surface area contributed by atoms with Crippen LogP contribution in [0.1, 0.15) is 29.8 Å². The molecule has 24 heavy (non-hydrogen) atoms. The van der Waals surface area contributed by atoms with E-state index in [2.05, 4.69) is 15.5 Å². The summed E-state index contributed by atoms with van der Waals surface area (Å²) in [6.07, 6.45) is 1.79. The van der Waals surface area contributed by atoms with Crippen molar-refractivity contribution in [1.82, 2.24) is 20.4 Å². The minimum absolute atomic E-state index is 0.0125. The molecular formula is C16H15FN4O3. The lowest BCUT2D eigenvalue weighted by Gasteiger charge is -2.23. The average molecular weight is 330 g/mol. The Balaban J connectivity index is 1.66. The maximum atomic E-state index is 13.7. The lowest BCUT2D eigenvalue weighted by molar-refractivity contribution is -0.119. The fraction of sp³-hybridized carbons (Fsp3) is 0.375. The third-order valence-electron chi connectivity index (χ3n) is 4.83. The first-order valence-electron chi connectivity index (χ1n) is 7.76. The maximum Gasteiger partial charge on any atom is 0.278 e. The van der Waals surface area contributed by atoms with Crippen molar-refractivity contribution in [3.63, 3.8) is 0 Å². The molecule has 1 spiro atoms. The fourth-order valence-corrected chi connectivity index (χ4v) is 3.54. The van der Waals surface area contributed by atoms with E-state index in [1.165, 1.54) is 23.1 Å². The van der Waals surface area contributed by atoms with Crippen LogP contribution in [0, 0.1) is 5.82 Å². The monoisotopic (exact) mass is 330 g/mol. The third kappa shape index (κ3) is 2.17. The molecule has 3 heterocycles. The normalized spacial score (nSPS) is 23.2. The van der Waals surface area contributed by atoms with Crippen LogP contribution in [0.3, 0.4) is 0 Å². The Labute approximate surface area is 135 Å². The van der Waals surface area contributed by atoms with Gasteiger partial charge in [-0.15, -0.1) is 0 Å². The summed E-state index contributed by atoms with van der Waals surface area (Å²) in [5, 5.41) is 9.27.